The van der Waals surface area contributed by atoms with Crippen molar-refractivity contribution in [3.05, 3.63) is 115 Å². The lowest BCUT2D eigenvalue weighted by Crippen LogP contribution is -2.43. The van der Waals surface area contributed by atoms with Gasteiger partial charge in [-0.05, 0) is 80.1 Å². The minimum atomic E-state index is -1.07. The fourth-order valence-electron chi connectivity index (χ4n) is 4.17. The van der Waals surface area contributed by atoms with Gasteiger partial charge in [0.1, 0.15) is 34.4 Å². The van der Waals surface area contributed by atoms with Crippen LogP contribution in [0.25, 0.3) is 0 Å². The molecule has 37 heavy (non-hydrogen) atoms. The zero-order valence-electron chi connectivity index (χ0n) is 20.4. The summed E-state index contributed by atoms with van der Waals surface area (Å²) in [6.07, 6.45) is 0. The van der Waals surface area contributed by atoms with Gasteiger partial charge < -0.3 is 14.4 Å². The first-order chi connectivity index (χ1) is 17.8. The molecule has 7 heteroatoms. The molecule has 0 aromatic heterocycles. The Bertz CT molecular complexity index is 1440. The van der Waals surface area contributed by atoms with Crippen LogP contribution >= 0.6 is 0 Å². The van der Waals surface area contributed by atoms with E-state index in [2.05, 4.69) is 0 Å². The van der Waals surface area contributed by atoms with Crippen molar-refractivity contribution in [2.45, 2.75) is 25.9 Å². The van der Waals surface area contributed by atoms with Crippen LogP contribution < -0.4 is 14.4 Å². The number of halogens is 1. The van der Waals surface area contributed by atoms with Crippen LogP contribution in [0.3, 0.4) is 0 Å². The Kier molecular flexibility index (Phi) is 6.36. The molecule has 0 radical (unpaired) electrons. The second-order valence-corrected chi connectivity index (χ2v) is 9.18. The summed E-state index contributed by atoms with van der Waals surface area (Å²) >= 11 is 0. The molecule has 5 rings (SSSR count). The minimum Gasteiger partial charge on any atom is -0.457 e. The predicted molar refractivity (Wildman–Crippen MR) is 138 cm³/mol. The van der Waals surface area contributed by atoms with Crippen LogP contribution in [0.15, 0.2) is 103 Å². The van der Waals surface area contributed by atoms with Crippen molar-refractivity contribution in [3.8, 4) is 23.0 Å². The van der Waals surface area contributed by atoms with Crippen molar-refractivity contribution < 1.29 is 23.5 Å². The monoisotopic (exact) mass is 496 g/mol. The molecule has 186 valence electrons. The number of carbonyl (C=O) groups is 2. The summed E-state index contributed by atoms with van der Waals surface area (Å²) in [6.45, 7) is 3.67. The molecule has 4 aromatic rings. The zero-order valence-corrected chi connectivity index (χ0v) is 20.4. The highest BCUT2D eigenvalue weighted by atomic mass is 19.1. The topological polar surface area (TPSA) is 59.1 Å². The molecule has 1 aliphatic heterocycles. The summed E-state index contributed by atoms with van der Waals surface area (Å²) < 4.78 is 24.9. The molecule has 1 fully saturated rings. The average Bonchev–Trinajstić information content (AvgIpc) is 3.05. The maximum absolute atomic E-state index is 13.5. The summed E-state index contributed by atoms with van der Waals surface area (Å²) in [7, 11) is 0. The van der Waals surface area contributed by atoms with Crippen LogP contribution in [0.4, 0.5) is 14.9 Å². The van der Waals surface area contributed by atoms with E-state index >= 15 is 0 Å². The first-order valence-electron chi connectivity index (χ1n) is 11.8. The quantitative estimate of drug-likeness (QED) is 0.255. The number of imide groups is 1. The van der Waals surface area contributed by atoms with Crippen molar-refractivity contribution in [2.24, 2.45) is 0 Å². The van der Waals surface area contributed by atoms with Crippen LogP contribution in [0, 0.1) is 5.82 Å². The van der Waals surface area contributed by atoms with Crippen molar-refractivity contribution in [1.29, 1.82) is 0 Å². The zero-order chi connectivity index (χ0) is 26.0. The van der Waals surface area contributed by atoms with Gasteiger partial charge in [0.2, 0.25) is 0 Å². The highest BCUT2D eigenvalue weighted by molar-refractivity contribution is 6.23. The summed E-state index contributed by atoms with van der Waals surface area (Å²) in [5, 5.41) is 0. The molecular formula is C30H25FN2O4. The van der Waals surface area contributed by atoms with Gasteiger partial charge in [-0.1, -0.05) is 36.4 Å². The number of rotatable bonds is 7. The molecule has 0 aliphatic carbocycles. The van der Waals surface area contributed by atoms with E-state index in [9.17, 15) is 14.0 Å². The van der Waals surface area contributed by atoms with Crippen LogP contribution in [0.5, 0.6) is 23.0 Å². The first-order valence-corrected chi connectivity index (χ1v) is 11.8. The number of hydrogen-bond donors (Lipinski definition) is 0. The van der Waals surface area contributed by atoms with Crippen LogP contribution in [-0.2, 0) is 11.3 Å². The Morgan fingerprint density at radius 3 is 2.00 bits per heavy atom. The van der Waals surface area contributed by atoms with Gasteiger partial charge in [0.15, 0.2) is 0 Å². The van der Waals surface area contributed by atoms with E-state index in [1.54, 1.807) is 62.4 Å². The van der Waals surface area contributed by atoms with Gasteiger partial charge in [-0.25, -0.2) is 14.1 Å². The average molecular weight is 497 g/mol. The third kappa shape index (κ3) is 5.02. The van der Waals surface area contributed by atoms with Crippen LogP contribution in [-0.4, -0.2) is 22.4 Å². The SMILES string of the molecule is CC1(C)C(=O)N(c2cccc(Oc3ccccc3)c2)C(=O)N1Cc1cccc(Oc2ccc(F)cc2)c1. The first kappa shape index (κ1) is 24.1. The third-order valence-corrected chi connectivity index (χ3v) is 6.17. The maximum Gasteiger partial charge on any atom is 0.332 e. The number of ether oxygens (including phenoxy) is 2. The Labute approximate surface area is 214 Å². The molecule has 4 aromatic carbocycles. The summed E-state index contributed by atoms with van der Waals surface area (Å²) in [4.78, 5) is 29.7. The Hall–Kier alpha value is -4.65. The number of urea groups is 1. The number of hydrogen-bond acceptors (Lipinski definition) is 4. The lowest BCUT2D eigenvalue weighted by atomic mass is 10.0. The molecular weight excluding hydrogens is 471 g/mol. The lowest BCUT2D eigenvalue weighted by molar-refractivity contribution is -0.123. The maximum atomic E-state index is 13.5. The minimum absolute atomic E-state index is 0.203. The standard InChI is InChI=1S/C30H25FN2O4/c1-30(2)28(34)33(23-9-7-13-27(19-23)36-24-10-4-3-5-11-24)29(35)32(30)20-21-8-6-12-26(18-21)37-25-16-14-22(31)15-17-25/h3-19H,20H2,1-2H3. The molecule has 0 saturated carbocycles. The van der Waals surface area contributed by atoms with Crippen molar-refractivity contribution in [3.63, 3.8) is 0 Å². The van der Waals surface area contributed by atoms with E-state index in [-0.39, 0.29) is 18.3 Å². The molecule has 0 bridgehead atoms. The number of carbonyl (C=O) groups excluding carboxylic acids is 2. The molecule has 0 spiro atoms. The van der Waals surface area contributed by atoms with Crippen molar-refractivity contribution >= 4 is 17.6 Å². The number of amides is 3. The molecule has 1 aliphatic rings. The third-order valence-electron chi connectivity index (χ3n) is 6.17. The smallest absolute Gasteiger partial charge is 0.332 e. The highest BCUT2D eigenvalue weighted by Gasteiger charge is 2.51. The Morgan fingerprint density at radius 2 is 1.30 bits per heavy atom. The van der Waals surface area contributed by atoms with Crippen molar-refractivity contribution in [1.82, 2.24) is 4.90 Å². The van der Waals surface area contributed by atoms with Gasteiger partial charge in [0.05, 0.1) is 5.69 Å². The van der Waals surface area contributed by atoms with E-state index in [0.29, 0.717) is 28.7 Å². The molecule has 6 nitrogen and oxygen atoms in total. The van der Waals surface area contributed by atoms with Crippen LogP contribution in [0.2, 0.25) is 0 Å². The van der Waals surface area contributed by atoms with E-state index in [1.807, 2.05) is 42.5 Å². The fourth-order valence-corrected chi connectivity index (χ4v) is 4.17. The number of para-hydroxylation sites is 1. The van der Waals surface area contributed by atoms with Gasteiger partial charge >= 0.3 is 6.03 Å². The number of nitrogens with zero attached hydrogens (tertiary/aromatic N) is 2. The molecule has 0 atom stereocenters. The molecule has 1 heterocycles. The fraction of sp³-hybridized carbons (Fsp3) is 0.133. The largest absolute Gasteiger partial charge is 0.457 e. The number of anilines is 1. The molecule has 3 amide bonds. The van der Waals surface area contributed by atoms with Gasteiger partial charge in [-0.15, -0.1) is 0 Å². The molecule has 0 unspecified atom stereocenters. The second-order valence-electron chi connectivity index (χ2n) is 9.18. The van der Waals surface area contributed by atoms with Gasteiger partial charge in [-0.2, -0.15) is 0 Å². The normalized spacial score (nSPS) is 14.7. The van der Waals surface area contributed by atoms with Gasteiger partial charge in [0, 0.05) is 12.6 Å². The van der Waals surface area contributed by atoms with Crippen LogP contribution in [0.1, 0.15) is 19.4 Å². The van der Waals surface area contributed by atoms with Crippen molar-refractivity contribution in [2.75, 3.05) is 4.90 Å². The Balaban J connectivity index is 1.36. The van der Waals surface area contributed by atoms with E-state index < -0.39 is 11.6 Å². The molecule has 0 N–H and O–H groups in total. The van der Waals surface area contributed by atoms with Gasteiger partial charge in [-0.3, -0.25) is 4.79 Å². The summed E-state index contributed by atoms with van der Waals surface area (Å²) in [5.74, 6) is 1.54. The van der Waals surface area contributed by atoms with Gasteiger partial charge in [0.25, 0.3) is 5.91 Å². The Morgan fingerprint density at radius 1 is 0.703 bits per heavy atom. The van der Waals surface area contributed by atoms with E-state index in [4.69, 9.17) is 9.47 Å². The van der Waals surface area contributed by atoms with E-state index in [0.717, 1.165) is 5.56 Å². The second kappa shape index (κ2) is 9.78. The van der Waals surface area contributed by atoms with E-state index in [1.165, 1.54) is 21.9 Å². The highest BCUT2D eigenvalue weighted by Crippen LogP contribution is 2.35. The lowest BCUT2D eigenvalue weighted by Gasteiger charge is -2.27. The summed E-state index contributed by atoms with van der Waals surface area (Å²) in [6, 6.07) is 28.8. The number of benzene rings is 4. The molecule has 1 saturated heterocycles. The predicted octanol–water partition coefficient (Wildman–Crippen LogP) is 7.16. The summed E-state index contributed by atoms with van der Waals surface area (Å²) in [5.41, 5.74) is 0.158.